The molecule has 4 nitrogen and oxygen atoms in total. The Labute approximate surface area is 134 Å². The Morgan fingerprint density at radius 3 is 3.00 bits per heavy atom. The first-order valence-electron chi connectivity index (χ1n) is 6.19. The molecule has 3 rings (SSSR count). The zero-order valence-corrected chi connectivity index (χ0v) is 13.7. The van der Waals surface area contributed by atoms with Gasteiger partial charge in [0, 0.05) is 10.1 Å². The van der Waals surface area contributed by atoms with E-state index in [1.165, 1.54) is 0 Å². The molecule has 0 aliphatic carbocycles. The number of hydrogen-bond acceptors (Lipinski definition) is 5. The summed E-state index contributed by atoms with van der Waals surface area (Å²) < 4.78 is 7.06. The van der Waals surface area contributed by atoms with Crippen molar-refractivity contribution in [1.82, 2.24) is 9.97 Å². The molecule has 0 unspecified atom stereocenters. The number of ether oxygens (including phenoxy) is 1. The number of hydrogen-bond donors (Lipinski definition) is 1. The van der Waals surface area contributed by atoms with Crippen LogP contribution in [-0.4, -0.2) is 16.5 Å². The van der Waals surface area contributed by atoms with E-state index in [9.17, 15) is 0 Å². The Morgan fingerprint density at radius 1 is 1.30 bits per heavy atom. The number of benzene rings is 1. The van der Waals surface area contributed by atoms with E-state index < -0.39 is 0 Å². The van der Waals surface area contributed by atoms with Gasteiger partial charge in [0.25, 0.3) is 0 Å². The van der Waals surface area contributed by atoms with Crippen molar-refractivity contribution < 1.29 is 4.74 Å². The maximum absolute atomic E-state index is 5.93. The summed E-state index contributed by atoms with van der Waals surface area (Å²) in [5.74, 6) is 1.97. The number of anilines is 1. The minimum Gasteiger partial charge on any atom is -0.438 e. The van der Waals surface area contributed by atoms with E-state index in [4.69, 9.17) is 4.74 Å². The van der Waals surface area contributed by atoms with Crippen LogP contribution in [0.2, 0.25) is 0 Å². The van der Waals surface area contributed by atoms with Crippen molar-refractivity contribution in [3.63, 3.8) is 0 Å². The van der Waals surface area contributed by atoms with Gasteiger partial charge in [-0.1, -0.05) is 6.07 Å². The van der Waals surface area contributed by atoms with Crippen LogP contribution < -0.4 is 10.1 Å². The van der Waals surface area contributed by atoms with Crippen molar-refractivity contribution in [3.05, 3.63) is 39.3 Å². The Kier molecular flexibility index (Phi) is 4.02. The summed E-state index contributed by atoms with van der Waals surface area (Å²) in [6.07, 6.45) is 0. The largest absolute Gasteiger partial charge is 0.438 e. The molecule has 0 bridgehead atoms. The van der Waals surface area contributed by atoms with Gasteiger partial charge in [-0.05, 0) is 59.2 Å². The summed E-state index contributed by atoms with van der Waals surface area (Å²) in [7, 11) is 0. The van der Waals surface area contributed by atoms with E-state index in [0.29, 0.717) is 11.8 Å². The Morgan fingerprint density at radius 2 is 2.20 bits per heavy atom. The molecular weight excluding hydrogens is 385 g/mol. The number of aromatic nitrogens is 2. The van der Waals surface area contributed by atoms with Crippen LogP contribution in [0.15, 0.2) is 35.7 Å². The first-order valence-corrected chi connectivity index (χ1v) is 8.14. The lowest BCUT2D eigenvalue weighted by atomic mass is 10.3. The van der Waals surface area contributed by atoms with Gasteiger partial charge >= 0.3 is 0 Å². The third-order valence-corrected chi connectivity index (χ3v) is 4.11. The van der Waals surface area contributed by atoms with E-state index in [1.807, 2.05) is 42.6 Å². The molecule has 0 atom stereocenters. The molecule has 3 aromatic rings. The van der Waals surface area contributed by atoms with Gasteiger partial charge in [0.05, 0.1) is 5.39 Å². The molecule has 0 amide bonds. The number of fused-ring (bicyclic) bond motifs is 1. The number of halogens is 1. The fourth-order valence-electron chi connectivity index (χ4n) is 1.79. The van der Waals surface area contributed by atoms with Crippen molar-refractivity contribution in [2.24, 2.45) is 0 Å². The first kappa shape index (κ1) is 13.6. The van der Waals surface area contributed by atoms with E-state index in [0.717, 1.165) is 26.1 Å². The lowest BCUT2D eigenvalue weighted by Crippen LogP contribution is -2.02. The highest BCUT2D eigenvalue weighted by atomic mass is 127. The summed E-state index contributed by atoms with van der Waals surface area (Å²) in [6.45, 7) is 2.79. The van der Waals surface area contributed by atoms with Gasteiger partial charge < -0.3 is 10.1 Å². The van der Waals surface area contributed by atoms with E-state index in [-0.39, 0.29) is 0 Å². The maximum Gasteiger partial charge on any atom is 0.232 e. The number of nitrogens with zero attached hydrogens (tertiary/aromatic N) is 2. The van der Waals surface area contributed by atoms with Crippen LogP contribution in [0.1, 0.15) is 6.92 Å². The maximum atomic E-state index is 5.93. The smallest absolute Gasteiger partial charge is 0.232 e. The molecule has 1 N–H and O–H groups in total. The average molecular weight is 397 g/mol. The minimum atomic E-state index is 0.592. The molecule has 2 heterocycles. The Hall–Kier alpha value is -1.41. The average Bonchev–Trinajstić information content (AvgIpc) is 2.87. The fourth-order valence-corrected chi connectivity index (χ4v) is 3.05. The van der Waals surface area contributed by atoms with Crippen molar-refractivity contribution in [3.8, 4) is 11.6 Å². The fraction of sp³-hybridized carbons (Fsp3) is 0.143. The highest BCUT2D eigenvalue weighted by Crippen LogP contribution is 2.31. The molecule has 20 heavy (non-hydrogen) atoms. The van der Waals surface area contributed by atoms with Crippen molar-refractivity contribution in [1.29, 1.82) is 0 Å². The molecule has 1 aromatic carbocycles. The van der Waals surface area contributed by atoms with Crippen molar-refractivity contribution in [2.45, 2.75) is 6.92 Å². The lowest BCUT2D eigenvalue weighted by Gasteiger charge is -2.08. The quantitative estimate of drug-likeness (QED) is 0.658. The van der Waals surface area contributed by atoms with Crippen molar-refractivity contribution in [2.75, 3.05) is 11.9 Å². The molecule has 102 valence electrons. The molecule has 0 saturated carbocycles. The van der Waals surface area contributed by atoms with Gasteiger partial charge in [-0.2, -0.15) is 4.98 Å². The Bertz CT molecular complexity index is 744. The van der Waals surface area contributed by atoms with Crippen LogP contribution in [0.3, 0.4) is 0 Å². The third-order valence-electron chi connectivity index (χ3n) is 2.64. The molecule has 6 heteroatoms. The van der Waals surface area contributed by atoms with Gasteiger partial charge in [0.1, 0.15) is 10.6 Å². The summed E-state index contributed by atoms with van der Waals surface area (Å²) >= 11 is 3.84. The predicted octanol–water partition coefficient (Wildman–Crippen LogP) is 4.52. The SMILES string of the molecule is CCNc1nc(Oc2cccc(I)c2)c2ccsc2n1. The molecule has 0 aliphatic rings. The number of rotatable bonds is 4. The predicted molar refractivity (Wildman–Crippen MR) is 90.8 cm³/mol. The van der Waals surface area contributed by atoms with Gasteiger partial charge in [0.2, 0.25) is 11.8 Å². The minimum absolute atomic E-state index is 0.592. The topological polar surface area (TPSA) is 47.0 Å². The molecule has 0 radical (unpaired) electrons. The second-order valence-electron chi connectivity index (χ2n) is 4.08. The summed E-state index contributed by atoms with van der Waals surface area (Å²) in [5.41, 5.74) is 0. The normalized spacial score (nSPS) is 10.7. The molecule has 0 spiro atoms. The van der Waals surface area contributed by atoms with Gasteiger partial charge in [0.15, 0.2) is 0 Å². The van der Waals surface area contributed by atoms with Crippen LogP contribution >= 0.6 is 33.9 Å². The van der Waals surface area contributed by atoms with Crippen LogP contribution in [0.4, 0.5) is 5.95 Å². The number of nitrogens with one attached hydrogen (secondary N) is 1. The summed E-state index contributed by atoms with van der Waals surface area (Å²) in [4.78, 5) is 9.83. The summed E-state index contributed by atoms with van der Waals surface area (Å²) in [5, 5.41) is 6.07. The highest BCUT2D eigenvalue weighted by molar-refractivity contribution is 14.1. The third kappa shape index (κ3) is 2.85. The molecule has 0 fully saturated rings. The van der Waals surface area contributed by atoms with Crippen molar-refractivity contribution >= 4 is 50.1 Å². The second-order valence-corrected chi connectivity index (χ2v) is 6.22. The standard InChI is InChI=1S/C14H12IN3OS/c1-2-16-14-17-12(11-6-7-20-13(11)18-14)19-10-5-3-4-9(15)8-10/h3-8H,2H2,1H3,(H,16,17,18). The zero-order valence-electron chi connectivity index (χ0n) is 10.8. The highest BCUT2D eigenvalue weighted by Gasteiger charge is 2.10. The first-order chi connectivity index (χ1) is 9.76. The van der Waals surface area contributed by atoms with E-state index in [2.05, 4.69) is 37.9 Å². The van der Waals surface area contributed by atoms with Crippen LogP contribution in [-0.2, 0) is 0 Å². The monoisotopic (exact) mass is 397 g/mol. The lowest BCUT2D eigenvalue weighted by molar-refractivity contribution is 0.469. The Balaban J connectivity index is 2.02. The molecule has 0 saturated heterocycles. The van der Waals surface area contributed by atoms with Gasteiger partial charge in [-0.15, -0.1) is 11.3 Å². The summed E-state index contributed by atoms with van der Waals surface area (Å²) in [6, 6.07) is 9.88. The van der Waals surface area contributed by atoms with Gasteiger partial charge in [-0.3, -0.25) is 0 Å². The van der Waals surface area contributed by atoms with Crippen LogP contribution in [0.5, 0.6) is 11.6 Å². The van der Waals surface area contributed by atoms with Gasteiger partial charge in [-0.25, -0.2) is 4.98 Å². The zero-order chi connectivity index (χ0) is 13.9. The molecule has 2 aromatic heterocycles. The van der Waals surface area contributed by atoms with Crippen LogP contribution in [0, 0.1) is 3.57 Å². The molecular formula is C14H12IN3OS. The van der Waals surface area contributed by atoms with E-state index >= 15 is 0 Å². The number of thiophene rings is 1. The van der Waals surface area contributed by atoms with Crippen LogP contribution in [0.25, 0.3) is 10.2 Å². The van der Waals surface area contributed by atoms with E-state index in [1.54, 1.807) is 11.3 Å². The molecule has 0 aliphatic heterocycles. The second kappa shape index (κ2) is 5.92.